The van der Waals surface area contributed by atoms with E-state index >= 15 is 0 Å². The molecule has 0 fully saturated rings. The standard InChI is InChI=1S/C29H28Cl3N9O4S.Na/c1-6-40(10-7-11-46(43,44)45)17-8-9-21(22(12-17)36-16(2)42)37-38-28-20(15-35)27(29(3,4)5)39-41(28)26-24(31)19(14-34)18(13-33)23(30)25(26)32;/h8-9,12H,6-7,10-11H2,1-5H3,(H,36,42)(H,43,44,45);/q;+1/p-1. The Morgan fingerprint density at radius 1 is 1.04 bits per heavy atom. The van der Waals surface area contributed by atoms with Gasteiger partial charge >= 0.3 is 29.6 Å². The van der Waals surface area contributed by atoms with Gasteiger partial charge in [0.1, 0.15) is 35.1 Å². The summed E-state index contributed by atoms with van der Waals surface area (Å²) < 4.78 is 34.3. The number of benzene rings is 2. The Bertz CT molecular complexity index is 1970. The molecule has 1 amide bonds. The average Bonchev–Trinajstić information content (AvgIpc) is 3.34. The van der Waals surface area contributed by atoms with Crippen LogP contribution in [0.1, 0.15) is 63.4 Å². The number of nitrogens with zero attached hydrogens (tertiary/aromatic N) is 8. The normalized spacial score (nSPS) is 11.4. The number of amides is 1. The van der Waals surface area contributed by atoms with E-state index in [1.165, 1.54) is 6.92 Å². The molecule has 18 heteroatoms. The molecule has 1 N–H and O–H groups in total. The quantitative estimate of drug-likeness (QED) is 0.139. The zero-order valence-corrected chi connectivity index (χ0v) is 31.4. The minimum atomic E-state index is -4.37. The third kappa shape index (κ3) is 9.23. The van der Waals surface area contributed by atoms with Gasteiger partial charge in [0.2, 0.25) is 5.91 Å². The second-order valence-electron chi connectivity index (χ2n) is 10.9. The number of aromatic nitrogens is 2. The van der Waals surface area contributed by atoms with Gasteiger partial charge in [-0.1, -0.05) is 55.6 Å². The number of anilines is 2. The van der Waals surface area contributed by atoms with Gasteiger partial charge in [-0.15, -0.1) is 10.2 Å². The van der Waals surface area contributed by atoms with Crippen molar-refractivity contribution in [1.29, 1.82) is 15.8 Å². The molecule has 3 aromatic rings. The number of azo groups is 1. The molecule has 3 rings (SSSR count). The Morgan fingerprint density at radius 3 is 2.15 bits per heavy atom. The summed E-state index contributed by atoms with van der Waals surface area (Å²) in [4.78, 5) is 13.9. The van der Waals surface area contributed by atoms with Crippen LogP contribution in [0.2, 0.25) is 15.1 Å². The summed E-state index contributed by atoms with van der Waals surface area (Å²) in [5.41, 5.74) is 0.0860. The first-order chi connectivity index (χ1) is 21.5. The number of nitriles is 3. The summed E-state index contributed by atoms with van der Waals surface area (Å²) in [6, 6.07) is 10.6. The van der Waals surface area contributed by atoms with Crippen molar-refractivity contribution in [3.63, 3.8) is 0 Å². The number of carbonyl (C=O) groups is 1. The Kier molecular flexibility index (Phi) is 13.8. The molecule has 2 aromatic carbocycles. The van der Waals surface area contributed by atoms with E-state index in [4.69, 9.17) is 34.8 Å². The maximum atomic E-state index is 12.1. The van der Waals surface area contributed by atoms with Crippen molar-refractivity contribution in [2.45, 2.75) is 46.5 Å². The van der Waals surface area contributed by atoms with E-state index in [0.717, 1.165) is 4.68 Å². The molecule has 0 saturated carbocycles. The molecule has 0 bridgehead atoms. The maximum Gasteiger partial charge on any atom is 1.00 e. The van der Waals surface area contributed by atoms with Gasteiger partial charge in [-0.05, 0) is 31.5 Å². The zero-order chi connectivity index (χ0) is 34.6. The molecule has 13 nitrogen and oxygen atoms in total. The molecule has 0 spiro atoms. The number of carbonyl (C=O) groups excluding carboxylic acids is 1. The van der Waals surface area contributed by atoms with Gasteiger partial charge < -0.3 is 14.8 Å². The van der Waals surface area contributed by atoms with Crippen molar-refractivity contribution in [2.75, 3.05) is 29.1 Å². The molecule has 1 aromatic heterocycles. The van der Waals surface area contributed by atoms with Gasteiger partial charge in [-0.3, -0.25) is 4.79 Å². The summed E-state index contributed by atoms with van der Waals surface area (Å²) in [5.74, 6) is -1.05. The van der Waals surface area contributed by atoms with Crippen LogP contribution in [0.3, 0.4) is 0 Å². The van der Waals surface area contributed by atoms with E-state index in [0.29, 0.717) is 17.9 Å². The van der Waals surface area contributed by atoms with Crippen molar-refractivity contribution in [3.05, 3.63) is 55.7 Å². The molecule has 47 heavy (non-hydrogen) atoms. The van der Waals surface area contributed by atoms with Gasteiger partial charge in [-0.2, -0.15) is 20.9 Å². The minimum absolute atomic E-state index is 0. The fraction of sp³-hybridized carbons (Fsp3) is 0.345. The van der Waals surface area contributed by atoms with Crippen molar-refractivity contribution >= 4 is 73.7 Å². The molecule has 0 atom stereocenters. The summed E-state index contributed by atoms with van der Waals surface area (Å²) >= 11 is 19.5. The number of hydrogen-bond acceptors (Lipinski definition) is 11. The van der Waals surface area contributed by atoms with E-state index in [2.05, 4.69) is 26.7 Å². The topological polar surface area (TPSA) is 203 Å². The first-order valence-electron chi connectivity index (χ1n) is 13.5. The first-order valence-corrected chi connectivity index (χ1v) is 16.3. The van der Waals surface area contributed by atoms with Crippen LogP contribution in [0.15, 0.2) is 28.4 Å². The monoisotopic (exact) mass is 725 g/mol. The van der Waals surface area contributed by atoms with Gasteiger partial charge in [0.25, 0.3) is 0 Å². The maximum absolute atomic E-state index is 12.1. The van der Waals surface area contributed by atoms with Crippen LogP contribution in [-0.4, -0.2) is 47.5 Å². The van der Waals surface area contributed by atoms with Crippen LogP contribution in [0.5, 0.6) is 0 Å². The van der Waals surface area contributed by atoms with Gasteiger partial charge in [0.05, 0.1) is 47.7 Å². The van der Waals surface area contributed by atoms with Crippen molar-refractivity contribution in [1.82, 2.24) is 9.78 Å². The van der Waals surface area contributed by atoms with E-state index in [9.17, 15) is 33.6 Å². The van der Waals surface area contributed by atoms with Crippen molar-refractivity contribution in [3.8, 4) is 23.9 Å². The zero-order valence-electron chi connectivity index (χ0n) is 26.3. The Balaban J connectivity index is 0.00000768. The second-order valence-corrected chi connectivity index (χ2v) is 13.5. The predicted octanol–water partition coefficient (Wildman–Crippen LogP) is 3.88. The average molecular weight is 727 g/mol. The van der Waals surface area contributed by atoms with E-state index in [1.54, 1.807) is 18.2 Å². The minimum Gasteiger partial charge on any atom is -0.748 e. The molecular weight excluding hydrogens is 700 g/mol. The van der Waals surface area contributed by atoms with Gasteiger partial charge in [0.15, 0.2) is 5.82 Å². The molecule has 240 valence electrons. The van der Waals surface area contributed by atoms with Gasteiger partial charge in [-0.25, -0.2) is 13.1 Å². The summed E-state index contributed by atoms with van der Waals surface area (Å²) in [6.45, 7) is 9.33. The second kappa shape index (κ2) is 16.2. The Morgan fingerprint density at radius 2 is 1.64 bits per heavy atom. The number of halogens is 3. The summed E-state index contributed by atoms with van der Waals surface area (Å²) in [6.07, 6.45) is 0.103. The number of rotatable bonds is 10. The van der Waals surface area contributed by atoms with Crippen molar-refractivity contribution < 1.29 is 47.3 Å². The van der Waals surface area contributed by atoms with Crippen molar-refractivity contribution in [2.24, 2.45) is 10.2 Å². The Labute approximate surface area is 309 Å². The largest absolute Gasteiger partial charge is 1.00 e. The van der Waals surface area contributed by atoms with Crippen LogP contribution >= 0.6 is 34.8 Å². The fourth-order valence-corrected chi connectivity index (χ4v) is 5.77. The van der Waals surface area contributed by atoms with E-state index in [-0.39, 0.29) is 97.2 Å². The number of hydrogen-bond donors (Lipinski definition) is 1. The fourth-order valence-electron chi connectivity index (χ4n) is 4.43. The van der Waals surface area contributed by atoms with Crippen LogP contribution in [-0.2, 0) is 20.3 Å². The van der Waals surface area contributed by atoms with Crippen LogP contribution < -0.4 is 39.8 Å². The SMILES string of the molecule is CCN(CCCS(=O)(=O)[O-])c1ccc(N=Nc2c(C#N)c(C(C)(C)C)nn2-c2c(Cl)c(Cl)c(C#N)c(C#N)c2Cl)c(NC(C)=O)c1.[Na+]. The van der Waals surface area contributed by atoms with E-state index < -0.39 is 27.2 Å². The molecular formula is C29H27Cl3N9NaO4S. The summed E-state index contributed by atoms with van der Waals surface area (Å²) in [5, 5.41) is 44.7. The summed E-state index contributed by atoms with van der Waals surface area (Å²) in [7, 11) is -4.37. The third-order valence-corrected chi connectivity index (χ3v) is 8.53. The van der Waals surface area contributed by atoms with Crippen LogP contribution in [0.4, 0.5) is 22.9 Å². The van der Waals surface area contributed by atoms with Crippen LogP contribution in [0, 0.1) is 34.0 Å². The van der Waals surface area contributed by atoms with Gasteiger partial charge in [0, 0.05) is 36.9 Å². The molecule has 0 unspecified atom stereocenters. The third-order valence-electron chi connectivity index (χ3n) is 6.53. The Hall–Kier alpha value is -3.23. The smallest absolute Gasteiger partial charge is 0.748 e. The van der Waals surface area contributed by atoms with Crippen LogP contribution in [0.25, 0.3) is 5.69 Å². The molecule has 0 saturated heterocycles. The molecule has 0 aliphatic heterocycles. The first kappa shape index (κ1) is 39.9. The van der Waals surface area contributed by atoms with E-state index in [1.807, 2.05) is 44.7 Å². The molecule has 0 radical (unpaired) electrons. The molecule has 0 aliphatic rings. The molecule has 0 aliphatic carbocycles. The number of nitrogens with one attached hydrogen (secondary N) is 1. The molecule has 1 heterocycles. The predicted molar refractivity (Wildman–Crippen MR) is 173 cm³/mol.